The number of fused-ring (bicyclic) bond motifs is 1. The van der Waals surface area contributed by atoms with Crippen LogP contribution in [0.5, 0.6) is 0 Å². The molecule has 1 aliphatic carbocycles. The van der Waals surface area contributed by atoms with E-state index in [-0.39, 0.29) is 6.04 Å². The van der Waals surface area contributed by atoms with Crippen LogP contribution in [0.3, 0.4) is 0 Å². The van der Waals surface area contributed by atoms with Gasteiger partial charge in [-0.25, -0.2) is 0 Å². The highest BCUT2D eigenvalue weighted by molar-refractivity contribution is 5.83. The zero-order valence-corrected chi connectivity index (χ0v) is 10.8. The molecule has 0 bridgehead atoms. The van der Waals surface area contributed by atoms with Crippen molar-refractivity contribution >= 4 is 5.91 Å². The zero-order chi connectivity index (χ0) is 12.3. The molecular formula is C14H24N2O. The van der Waals surface area contributed by atoms with Gasteiger partial charge in [-0.3, -0.25) is 4.79 Å². The van der Waals surface area contributed by atoms with Crippen molar-refractivity contribution in [1.82, 2.24) is 10.2 Å². The van der Waals surface area contributed by atoms with E-state index >= 15 is 0 Å². The number of rotatable bonds is 5. The van der Waals surface area contributed by atoms with Gasteiger partial charge in [0.05, 0.1) is 6.04 Å². The number of carbonyl (C=O) groups is 1. The number of carbonyl (C=O) groups excluding carboxylic acids is 1. The Bertz CT molecular complexity index is 290. The van der Waals surface area contributed by atoms with Crippen LogP contribution in [0, 0.1) is 11.8 Å². The number of hydrogen-bond acceptors (Lipinski definition) is 2. The van der Waals surface area contributed by atoms with E-state index in [0.29, 0.717) is 18.4 Å². The highest BCUT2D eigenvalue weighted by atomic mass is 16.2. The molecule has 0 radical (unpaired) electrons. The first-order chi connectivity index (χ1) is 8.27. The van der Waals surface area contributed by atoms with Crippen molar-refractivity contribution in [2.75, 3.05) is 19.6 Å². The number of nitrogens with zero attached hydrogens (tertiary/aromatic N) is 1. The molecule has 2 fully saturated rings. The molecule has 2 rings (SSSR count). The molecule has 2 aliphatic rings. The molecule has 1 saturated heterocycles. The van der Waals surface area contributed by atoms with Gasteiger partial charge in [-0.15, -0.1) is 6.58 Å². The van der Waals surface area contributed by atoms with E-state index in [0.717, 1.165) is 25.4 Å². The number of amides is 1. The summed E-state index contributed by atoms with van der Waals surface area (Å²) >= 11 is 0. The standard InChI is InChI=1S/C14H24N2O/c1-3-8-16(9-4-2)14(17)13-12-7-5-6-11(12)10-15-13/h3,11-13,15H,1,4-10H2,2H3. The largest absolute Gasteiger partial charge is 0.338 e. The Labute approximate surface area is 104 Å². The highest BCUT2D eigenvalue weighted by Gasteiger charge is 2.43. The second-order valence-electron chi connectivity index (χ2n) is 5.31. The van der Waals surface area contributed by atoms with Crippen LogP contribution in [0.2, 0.25) is 0 Å². The van der Waals surface area contributed by atoms with Crippen LogP contribution >= 0.6 is 0 Å². The maximum absolute atomic E-state index is 12.5. The van der Waals surface area contributed by atoms with Gasteiger partial charge < -0.3 is 10.2 Å². The van der Waals surface area contributed by atoms with Crippen LogP contribution in [0.4, 0.5) is 0 Å². The van der Waals surface area contributed by atoms with Gasteiger partial charge in [0.2, 0.25) is 5.91 Å². The summed E-state index contributed by atoms with van der Waals surface area (Å²) in [6.45, 7) is 8.43. The average Bonchev–Trinajstić information content (AvgIpc) is 2.89. The minimum Gasteiger partial charge on any atom is -0.338 e. The second-order valence-corrected chi connectivity index (χ2v) is 5.31. The molecule has 1 saturated carbocycles. The molecule has 1 amide bonds. The molecular weight excluding hydrogens is 212 g/mol. The van der Waals surface area contributed by atoms with Crippen molar-refractivity contribution < 1.29 is 4.79 Å². The first-order valence-corrected chi connectivity index (χ1v) is 6.91. The number of nitrogens with one attached hydrogen (secondary N) is 1. The van der Waals surface area contributed by atoms with E-state index in [1.165, 1.54) is 19.3 Å². The van der Waals surface area contributed by atoms with Gasteiger partial charge in [-0.2, -0.15) is 0 Å². The van der Waals surface area contributed by atoms with Crippen LogP contribution in [0.25, 0.3) is 0 Å². The van der Waals surface area contributed by atoms with Crippen molar-refractivity contribution in [2.45, 2.75) is 38.6 Å². The Morgan fingerprint density at radius 3 is 3.06 bits per heavy atom. The van der Waals surface area contributed by atoms with E-state index in [9.17, 15) is 4.79 Å². The maximum atomic E-state index is 12.5. The smallest absolute Gasteiger partial charge is 0.240 e. The molecule has 17 heavy (non-hydrogen) atoms. The summed E-state index contributed by atoms with van der Waals surface area (Å²) in [4.78, 5) is 14.4. The van der Waals surface area contributed by atoms with Crippen LogP contribution in [0.15, 0.2) is 12.7 Å². The minimum absolute atomic E-state index is 0.0778. The molecule has 96 valence electrons. The van der Waals surface area contributed by atoms with E-state index in [2.05, 4.69) is 18.8 Å². The van der Waals surface area contributed by atoms with Crippen molar-refractivity contribution in [1.29, 1.82) is 0 Å². The summed E-state index contributed by atoms with van der Waals surface area (Å²) in [6, 6.07) is 0.0778. The average molecular weight is 236 g/mol. The van der Waals surface area contributed by atoms with Gasteiger partial charge in [0, 0.05) is 13.1 Å². The number of hydrogen-bond donors (Lipinski definition) is 1. The fraction of sp³-hybridized carbons (Fsp3) is 0.786. The summed E-state index contributed by atoms with van der Waals surface area (Å²) in [5, 5.41) is 3.43. The molecule has 0 spiro atoms. The van der Waals surface area contributed by atoms with E-state index in [1.54, 1.807) is 0 Å². The van der Waals surface area contributed by atoms with Gasteiger partial charge in [0.25, 0.3) is 0 Å². The predicted molar refractivity (Wildman–Crippen MR) is 69.7 cm³/mol. The van der Waals surface area contributed by atoms with E-state index in [4.69, 9.17) is 0 Å². The lowest BCUT2D eigenvalue weighted by atomic mass is 9.93. The van der Waals surface area contributed by atoms with E-state index < -0.39 is 0 Å². The molecule has 3 unspecified atom stereocenters. The topological polar surface area (TPSA) is 32.3 Å². The molecule has 1 aliphatic heterocycles. The predicted octanol–water partition coefficient (Wildman–Crippen LogP) is 1.80. The Balaban J connectivity index is 1.99. The molecule has 0 aromatic heterocycles. The lowest BCUT2D eigenvalue weighted by Crippen LogP contribution is -2.46. The third-order valence-electron chi connectivity index (χ3n) is 4.17. The third kappa shape index (κ3) is 2.54. The van der Waals surface area contributed by atoms with Crippen molar-refractivity contribution in [3.05, 3.63) is 12.7 Å². The Hall–Kier alpha value is -0.830. The molecule has 0 aromatic carbocycles. The monoisotopic (exact) mass is 236 g/mol. The Kier molecular flexibility index (Phi) is 4.21. The SMILES string of the molecule is C=CCN(CCC)C(=O)C1NCC2CCCC21. The zero-order valence-electron chi connectivity index (χ0n) is 10.8. The normalized spacial score (nSPS) is 31.2. The minimum atomic E-state index is 0.0778. The lowest BCUT2D eigenvalue weighted by molar-refractivity contribution is -0.133. The molecule has 3 heteroatoms. The molecule has 0 aromatic rings. The van der Waals surface area contributed by atoms with Crippen LogP contribution in [-0.2, 0) is 4.79 Å². The lowest BCUT2D eigenvalue weighted by Gasteiger charge is -2.26. The summed E-state index contributed by atoms with van der Waals surface area (Å²) in [5.41, 5.74) is 0. The summed E-state index contributed by atoms with van der Waals surface area (Å²) in [5.74, 6) is 1.63. The highest BCUT2D eigenvalue weighted by Crippen LogP contribution is 2.38. The van der Waals surface area contributed by atoms with Gasteiger partial charge >= 0.3 is 0 Å². The van der Waals surface area contributed by atoms with Gasteiger partial charge in [-0.05, 0) is 37.6 Å². The van der Waals surface area contributed by atoms with Crippen molar-refractivity contribution in [3.63, 3.8) is 0 Å². The van der Waals surface area contributed by atoms with Crippen molar-refractivity contribution in [2.24, 2.45) is 11.8 Å². The van der Waals surface area contributed by atoms with Crippen LogP contribution < -0.4 is 5.32 Å². The molecule has 3 nitrogen and oxygen atoms in total. The fourth-order valence-electron chi connectivity index (χ4n) is 3.37. The summed E-state index contributed by atoms with van der Waals surface area (Å²) in [6.07, 6.45) is 6.67. The second kappa shape index (κ2) is 5.67. The maximum Gasteiger partial charge on any atom is 0.240 e. The van der Waals surface area contributed by atoms with Crippen LogP contribution in [0.1, 0.15) is 32.6 Å². The van der Waals surface area contributed by atoms with Gasteiger partial charge in [0.1, 0.15) is 0 Å². The first-order valence-electron chi connectivity index (χ1n) is 6.91. The van der Waals surface area contributed by atoms with E-state index in [1.807, 2.05) is 11.0 Å². The molecule has 1 N–H and O–H groups in total. The Morgan fingerprint density at radius 1 is 1.53 bits per heavy atom. The fourth-order valence-corrected chi connectivity index (χ4v) is 3.37. The molecule has 1 heterocycles. The summed E-state index contributed by atoms with van der Waals surface area (Å²) < 4.78 is 0. The van der Waals surface area contributed by atoms with Gasteiger partial charge in [0.15, 0.2) is 0 Å². The first kappa shape index (κ1) is 12.6. The Morgan fingerprint density at radius 2 is 2.35 bits per heavy atom. The quantitative estimate of drug-likeness (QED) is 0.738. The summed E-state index contributed by atoms with van der Waals surface area (Å²) in [7, 11) is 0. The van der Waals surface area contributed by atoms with Gasteiger partial charge in [-0.1, -0.05) is 19.4 Å². The third-order valence-corrected chi connectivity index (χ3v) is 4.17. The molecule has 3 atom stereocenters. The van der Waals surface area contributed by atoms with Crippen LogP contribution in [-0.4, -0.2) is 36.5 Å². The van der Waals surface area contributed by atoms with Crippen molar-refractivity contribution in [3.8, 4) is 0 Å².